The largest absolute Gasteiger partial charge is 0.342 e. The summed E-state index contributed by atoms with van der Waals surface area (Å²) in [7, 11) is 0. The molecule has 0 bridgehead atoms. The molecule has 1 amide bonds. The lowest BCUT2D eigenvalue weighted by molar-refractivity contribution is 0.0934. The molecule has 0 saturated carbocycles. The van der Waals surface area contributed by atoms with Gasteiger partial charge in [-0.05, 0) is 43.2 Å². The van der Waals surface area contributed by atoms with Gasteiger partial charge in [-0.3, -0.25) is 4.79 Å². The average Bonchev–Trinajstić information content (AvgIpc) is 3.46. The van der Waals surface area contributed by atoms with Crippen LogP contribution in [-0.4, -0.2) is 20.9 Å². The van der Waals surface area contributed by atoms with Crippen LogP contribution >= 0.6 is 23.1 Å². The molecule has 1 unspecified atom stereocenters. The number of aromatic nitrogens is 3. The van der Waals surface area contributed by atoms with Crippen LogP contribution in [0.1, 0.15) is 46.3 Å². The highest BCUT2D eigenvalue weighted by Gasteiger charge is 2.17. The first-order valence-corrected chi connectivity index (χ1v) is 12.0. The normalized spacial score (nSPS) is 11.9. The molecule has 0 fully saturated rings. The van der Waals surface area contributed by atoms with Crippen LogP contribution in [0.3, 0.4) is 0 Å². The Hall–Kier alpha value is -2.90. The predicted octanol–water partition coefficient (Wildman–Crippen LogP) is 6.02. The van der Waals surface area contributed by atoms with E-state index in [9.17, 15) is 4.79 Å². The summed E-state index contributed by atoms with van der Waals surface area (Å²) in [5.41, 5.74) is 3.75. The van der Waals surface area contributed by atoms with E-state index in [1.807, 2.05) is 74.6 Å². The zero-order valence-corrected chi connectivity index (χ0v) is 19.1. The average molecular weight is 449 g/mol. The molecule has 0 spiro atoms. The minimum Gasteiger partial charge on any atom is -0.342 e. The number of hydrogen-bond donors (Lipinski definition) is 2. The Morgan fingerprint density at radius 3 is 2.61 bits per heavy atom. The maximum Gasteiger partial charge on any atom is 0.251 e. The van der Waals surface area contributed by atoms with Crippen molar-refractivity contribution in [2.24, 2.45) is 0 Å². The molecule has 0 aliphatic carbocycles. The second-order valence-corrected chi connectivity index (χ2v) is 9.26. The molecule has 0 aliphatic rings. The Balaban J connectivity index is 1.38. The Morgan fingerprint density at radius 1 is 1.16 bits per heavy atom. The standard InChI is InChI=1S/C24H24N4OS2/c1-3-21(23-25-13-22(27-23)17-7-5-4-6-8-17)28-24(29)18-9-11-20(12-10-18)31-15-19-14-30-16(2)26-19/h4-14,21H,3,15H2,1-2H3,(H,25,27)(H,28,29). The lowest BCUT2D eigenvalue weighted by Crippen LogP contribution is -2.28. The molecule has 0 aliphatic heterocycles. The predicted molar refractivity (Wildman–Crippen MR) is 127 cm³/mol. The smallest absolute Gasteiger partial charge is 0.251 e. The number of aryl methyl sites for hydroxylation is 1. The van der Waals surface area contributed by atoms with Gasteiger partial charge in [-0.15, -0.1) is 23.1 Å². The lowest BCUT2D eigenvalue weighted by Gasteiger charge is -2.15. The van der Waals surface area contributed by atoms with E-state index in [4.69, 9.17) is 0 Å². The molecule has 31 heavy (non-hydrogen) atoms. The zero-order chi connectivity index (χ0) is 21.6. The van der Waals surface area contributed by atoms with E-state index >= 15 is 0 Å². The van der Waals surface area contributed by atoms with Crippen LogP contribution in [0.5, 0.6) is 0 Å². The Labute approximate surface area is 190 Å². The monoisotopic (exact) mass is 448 g/mol. The number of amides is 1. The van der Waals surface area contributed by atoms with Gasteiger partial charge in [-0.1, -0.05) is 37.3 Å². The van der Waals surface area contributed by atoms with E-state index < -0.39 is 0 Å². The third kappa shape index (κ3) is 5.42. The minimum absolute atomic E-state index is 0.101. The van der Waals surface area contributed by atoms with Crippen LogP contribution in [0.2, 0.25) is 0 Å². The van der Waals surface area contributed by atoms with Gasteiger partial charge in [-0.25, -0.2) is 9.97 Å². The van der Waals surface area contributed by atoms with E-state index in [1.165, 1.54) is 0 Å². The molecule has 0 saturated heterocycles. The van der Waals surface area contributed by atoms with Gasteiger partial charge >= 0.3 is 0 Å². The fourth-order valence-corrected chi connectivity index (χ4v) is 4.73. The Bertz CT molecular complexity index is 1140. The summed E-state index contributed by atoms with van der Waals surface area (Å²) < 4.78 is 0. The highest BCUT2D eigenvalue weighted by Crippen LogP contribution is 2.25. The van der Waals surface area contributed by atoms with Crippen molar-refractivity contribution in [3.8, 4) is 11.3 Å². The van der Waals surface area contributed by atoms with Gasteiger partial charge < -0.3 is 10.3 Å². The van der Waals surface area contributed by atoms with Crippen molar-refractivity contribution in [3.05, 3.63) is 88.3 Å². The van der Waals surface area contributed by atoms with Gasteiger partial charge in [0.25, 0.3) is 5.91 Å². The number of thiazole rings is 1. The zero-order valence-electron chi connectivity index (χ0n) is 17.5. The highest BCUT2D eigenvalue weighted by molar-refractivity contribution is 7.98. The molecular formula is C24H24N4OS2. The van der Waals surface area contributed by atoms with Gasteiger partial charge in [0.05, 0.1) is 28.6 Å². The Morgan fingerprint density at radius 2 is 1.94 bits per heavy atom. The fraction of sp³-hybridized carbons (Fsp3) is 0.208. The third-order valence-corrected chi connectivity index (χ3v) is 6.76. The number of benzene rings is 2. The van der Waals surface area contributed by atoms with Gasteiger partial charge in [0.15, 0.2) is 0 Å². The van der Waals surface area contributed by atoms with E-state index in [-0.39, 0.29) is 11.9 Å². The molecule has 2 N–H and O–H groups in total. The van der Waals surface area contributed by atoms with Gasteiger partial charge in [0.1, 0.15) is 5.82 Å². The number of carbonyl (C=O) groups excluding carboxylic acids is 1. The summed E-state index contributed by atoms with van der Waals surface area (Å²) >= 11 is 3.39. The van der Waals surface area contributed by atoms with Crippen molar-refractivity contribution in [2.45, 2.75) is 37.0 Å². The molecule has 4 rings (SSSR count). The second-order valence-electron chi connectivity index (χ2n) is 7.15. The molecule has 2 aromatic heterocycles. The van der Waals surface area contributed by atoms with Crippen LogP contribution in [0.15, 0.2) is 71.1 Å². The molecule has 4 aromatic rings. The molecule has 5 nitrogen and oxygen atoms in total. The number of hydrogen-bond acceptors (Lipinski definition) is 5. The number of nitrogens with zero attached hydrogens (tertiary/aromatic N) is 2. The first kappa shape index (κ1) is 21.3. The van der Waals surface area contributed by atoms with Crippen LogP contribution in [-0.2, 0) is 5.75 Å². The van der Waals surface area contributed by atoms with Crippen LogP contribution in [0, 0.1) is 6.92 Å². The molecule has 7 heteroatoms. The molecule has 2 aromatic carbocycles. The first-order valence-electron chi connectivity index (χ1n) is 10.2. The van der Waals surface area contributed by atoms with E-state index in [0.717, 1.165) is 44.9 Å². The van der Waals surface area contributed by atoms with E-state index in [0.29, 0.717) is 5.56 Å². The number of H-pyrrole nitrogens is 1. The van der Waals surface area contributed by atoms with Crippen LogP contribution in [0.4, 0.5) is 0 Å². The number of carbonyl (C=O) groups is 1. The minimum atomic E-state index is -0.174. The van der Waals surface area contributed by atoms with Gasteiger partial charge in [-0.2, -0.15) is 0 Å². The van der Waals surface area contributed by atoms with Gasteiger partial charge in [0.2, 0.25) is 0 Å². The quantitative estimate of drug-likeness (QED) is 0.324. The topological polar surface area (TPSA) is 70.7 Å². The molecule has 0 radical (unpaired) electrons. The maximum absolute atomic E-state index is 12.8. The lowest BCUT2D eigenvalue weighted by atomic mass is 10.1. The molecule has 1 atom stereocenters. The van der Waals surface area contributed by atoms with Crippen molar-refractivity contribution in [2.75, 3.05) is 0 Å². The molecule has 2 heterocycles. The second kappa shape index (κ2) is 9.94. The number of rotatable bonds is 8. The summed E-state index contributed by atoms with van der Waals surface area (Å²) in [6.45, 7) is 4.05. The van der Waals surface area contributed by atoms with Crippen molar-refractivity contribution in [3.63, 3.8) is 0 Å². The Kier molecular flexibility index (Phi) is 6.84. The van der Waals surface area contributed by atoms with Crippen molar-refractivity contribution >= 4 is 29.0 Å². The number of aromatic amines is 1. The maximum atomic E-state index is 12.8. The SMILES string of the molecule is CCC(NC(=O)c1ccc(SCc2csc(C)n2)cc1)c1ncc(-c2ccccc2)[nH]1. The van der Waals surface area contributed by atoms with Gasteiger partial charge in [0, 0.05) is 21.6 Å². The number of nitrogens with one attached hydrogen (secondary N) is 2. The third-order valence-electron chi connectivity index (χ3n) is 4.89. The highest BCUT2D eigenvalue weighted by atomic mass is 32.2. The summed E-state index contributed by atoms with van der Waals surface area (Å²) in [4.78, 5) is 26.2. The molecule has 158 valence electrons. The number of thioether (sulfide) groups is 1. The van der Waals surface area contributed by atoms with Crippen molar-refractivity contribution in [1.29, 1.82) is 0 Å². The summed E-state index contributed by atoms with van der Waals surface area (Å²) in [6.07, 6.45) is 2.56. The summed E-state index contributed by atoms with van der Waals surface area (Å²) in [6, 6.07) is 17.6. The summed E-state index contributed by atoms with van der Waals surface area (Å²) in [5.74, 6) is 1.49. The van der Waals surface area contributed by atoms with Crippen molar-refractivity contribution in [1.82, 2.24) is 20.3 Å². The van der Waals surface area contributed by atoms with Crippen molar-refractivity contribution < 1.29 is 4.79 Å². The number of imidazole rings is 1. The van der Waals surface area contributed by atoms with Crippen LogP contribution in [0.25, 0.3) is 11.3 Å². The fourth-order valence-electron chi connectivity index (χ4n) is 3.22. The molecular weight excluding hydrogens is 424 g/mol. The van der Waals surface area contributed by atoms with E-state index in [2.05, 4.69) is 25.6 Å². The van der Waals surface area contributed by atoms with Crippen LogP contribution < -0.4 is 5.32 Å². The first-order chi connectivity index (χ1) is 15.1. The summed E-state index contributed by atoms with van der Waals surface area (Å²) in [5, 5.41) is 6.27. The van der Waals surface area contributed by atoms with E-state index in [1.54, 1.807) is 23.1 Å².